The van der Waals surface area contributed by atoms with Crippen molar-refractivity contribution in [2.24, 2.45) is 0 Å². The number of likely N-dealkylation sites (tertiary alicyclic amines) is 1. The summed E-state index contributed by atoms with van der Waals surface area (Å²) in [5, 5.41) is 20.1. The number of nitrogens with one attached hydrogen (secondary N) is 1. The number of H-pyrrole nitrogens is 1. The Morgan fingerprint density at radius 3 is 2.68 bits per heavy atom. The third kappa shape index (κ3) is 2.74. The maximum Gasteiger partial charge on any atom is 0.256 e. The molecule has 2 heterocycles. The van der Waals surface area contributed by atoms with Gasteiger partial charge in [0.05, 0.1) is 17.7 Å². The number of nitrogens with zero attached hydrogens (tertiary/aromatic N) is 3. The number of aromatic nitrogens is 3. The highest BCUT2D eigenvalue weighted by molar-refractivity contribution is 6.04. The van der Waals surface area contributed by atoms with Gasteiger partial charge in [0.25, 0.3) is 5.91 Å². The second-order valence-corrected chi connectivity index (χ2v) is 6.06. The lowest BCUT2D eigenvalue weighted by molar-refractivity contribution is 0.0717. The number of aliphatic hydroxyl groups is 1. The Hall–Kier alpha value is -2.87. The predicted octanol–water partition coefficient (Wildman–Crippen LogP) is 2.18. The monoisotopic (exact) mass is 344 g/mol. The van der Waals surface area contributed by atoms with E-state index in [9.17, 15) is 18.7 Å². The zero-order valence-corrected chi connectivity index (χ0v) is 13.0. The summed E-state index contributed by atoms with van der Waals surface area (Å²) in [7, 11) is 0. The minimum atomic E-state index is -0.708. The SMILES string of the molecule is O=C(c1cc(F)cc2n[nH]nc12)N1CC(O)CC1c1ccc(F)cc1. The maximum atomic E-state index is 13.8. The number of amides is 1. The van der Waals surface area contributed by atoms with Crippen LogP contribution in [0.1, 0.15) is 28.4 Å². The van der Waals surface area contributed by atoms with Crippen LogP contribution in [0.25, 0.3) is 11.0 Å². The number of carbonyl (C=O) groups excluding carboxylic acids is 1. The van der Waals surface area contributed by atoms with Crippen LogP contribution in [0.2, 0.25) is 0 Å². The molecule has 1 aromatic heterocycles. The van der Waals surface area contributed by atoms with Crippen LogP contribution in [0.15, 0.2) is 36.4 Å². The molecule has 128 valence electrons. The Morgan fingerprint density at radius 2 is 1.92 bits per heavy atom. The van der Waals surface area contributed by atoms with Crippen molar-refractivity contribution in [2.45, 2.75) is 18.6 Å². The normalized spacial score (nSPS) is 20.4. The van der Waals surface area contributed by atoms with Gasteiger partial charge in [0.2, 0.25) is 0 Å². The van der Waals surface area contributed by atoms with Crippen molar-refractivity contribution in [3.8, 4) is 0 Å². The number of hydrogen-bond acceptors (Lipinski definition) is 4. The number of rotatable bonds is 2. The summed E-state index contributed by atoms with van der Waals surface area (Å²) in [5.41, 5.74) is 1.30. The molecule has 1 amide bonds. The Balaban J connectivity index is 1.74. The van der Waals surface area contributed by atoms with Gasteiger partial charge in [-0.05, 0) is 30.2 Å². The Labute approximate surface area is 141 Å². The number of hydrogen-bond donors (Lipinski definition) is 2. The fourth-order valence-electron chi connectivity index (χ4n) is 3.27. The van der Waals surface area contributed by atoms with Crippen LogP contribution in [0, 0.1) is 11.6 Å². The third-order valence-electron chi connectivity index (χ3n) is 4.41. The molecular formula is C17H14F2N4O2. The van der Waals surface area contributed by atoms with Crippen molar-refractivity contribution in [3.05, 3.63) is 59.2 Å². The molecule has 25 heavy (non-hydrogen) atoms. The first-order chi connectivity index (χ1) is 12.0. The van der Waals surface area contributed by atoms with E-state index in [-0.39, 0.29) is 29.0 Å². The van der Waals surface area contributed by atoms with Crippen LogP contribution in [0.4, 0.5) is 8.78 Å². The second-order valence-electron chi connectivity index (χ2n) is 6.06. The lowest BCUT2D eigenvalue weighted by atomic mass is 10.0. The van der Waals surface area contributed by atoms with Crippen LogP contribution >= 0.6 is 0 Å². The Morgan fingerprint density at radius 1 is 1.16 bits per heavy atom. The maximum absolute atomic E-state index is 13.8. The van der Waals surface area contributed by atoms with E-state index in [0.717, 1.165) is 6.07 Å². The molecule has 6 nitrogen and oxygen atoms in total. The average Bonchev–Trinajstić information content (AvgIpc) is 3.20. The van der Waals surface area contributed by atoms with Gasteiger partial charge in [0.1, 0.15) is 22.7 Å². The number of aliphatic hydroxyl groups excluding tert-OH is 1. The topological polar surface area (TPSA) is 82.1 Å². The molecule has 1 aliphatic heterocycles. The first kappa shape index (κ1) is 15.6. The number of benzene rings is 2. The zero-order valence-electron chi connectivity index (χ0n) is 13.0. The molecule has 1 fully saturated rings. The molecule has 2 atom stereocenters. The molecule has 0 spiro atoms. The van der Waals surface area contributed by atoms with Gasteiger partial charge < -0.3 is 10.0 Å². The van der Waals surface area contributed by atoms with E-state index in [0.29, 0.717) is 12.0 Å². The third-order valence-corrected chi connectivity index (χ3v) is 4.41. The molecule has 0 bridgehead atoms. The number of fused-ring (bicyclic) bond motifs is 1. The highest BCUT2D eigenvalue weighted by atomic mass is 19.1. The molecular weight excluding hydrogens is 330 g/mol. The molecule has 0 saturated carbocycles. The van der Waals surface area contributed by atoms with E-state index >= 15 is 0 Å². The number of carbonyl (C=O) groups is 1. The number of aromatic amines is 1. The summed E-state index contributed by atoms with van der Waals surface area (Å²) < 4.78 is 27.0. The van der Waals surface area contributed by atoms with Gasteiger partial charge in [-0.15, -0.1) is 0 Å². The minimum absolute atomic E-state index is 0.0740. The van der Waals surface area contributed by atoms with Crippen molar-refractivity contribution < 1.29 is 18.7 Å². The fourth-order valence-corrected chi connectivity index (χ4v) is 3.27. The number of β-amino-alcohol motifs (C(OH)–C–C–N with tert-alkyl or cyclic N) is 1. The second kappa shape index (κ2) is 5.89. The van der Waals surface area contributed by atoms with Crippen molar-refractivity contribution in [3.63, 3.8) is 0 Å². The first-order valence-electron chi connectivity index (χ1n) is 7.77. The van der Waals surface area contributed by atoms with Crippen LogP contribution < -0.4 is 0 Å². The molecule has 3 aromatic rings. The van der Waals surface area contributed by atoms with Gasteiger partial charge in [-0.3, -0.25) is 4.79 Å². The molecule has 8 heteroatoms. The van der Waals surface area contributed by atoms with Gasteiger partial charge in [-0.25, -0.2) is 8.78 Å². The molecule has 2 unspecified atom stereocenters. The first-order valence-corrected chi connectivity index (χ1v) is 7.77. The van der Waals surface area contributed by atoms with Gasteiger partial charge >= 0.3 is 0 Å². The summed E-state index contributed by atoms with van der Waals surface area (Å²) in [6.07, 6.45) is -0.380. The summed E-state index contributed by atoms with van der Waals surface area (Å²) in [5.74, 6) is -1.43. The Bertz CT molecular complexity index is 941. The average molecular weight is 344 g/mol. The lowest BCUT2D eigenvalue weighted by Crippen LogP contribution is -2.32. The highest BCUT2D eigenvalue weighted by Gasteiger charge is 2.36. The molecule has 1 aliphatic rings. The van der Waals surface area contributed by atoms with E-state index in [4.69, 9.17) is 0 Å². The summed E-state index contributed by atoms with van der Waals surface area (Å²) >= 11 is 0. The van der Waals surface area contributed by atoms with Gasteiger partial charge in [-0.1, -0.05) is 12.1 Å². The summed E-state index contributed by atoms with van der Waals surface area (Å²) in [4.78, 5) is 14.5. The van der Waals surface area contributed by atoms with Gasteiger partial charge in [0, 0.05) is 12.6 Å². The fraction of sp³-hybridized carbons (Fsp3) is 0.235. The van der Waals surface area contributed by atoms with E-state index < -0.39 is 23.9 Å². The van der Waals surface area contributed by atoms with Crippen molar-refractivity contribution in [1.29, 1.82) is 0 Å². The molecule has 4 rings (SSSR count). The standard InChI is InChI=1S/C17H14F2N4O2/c18-10-3-1-9(2-4-10)15-7-12(24)8-23(15)17(25)13-5-11(19)6-14-16(13)21-22-20-14/h1-6,12,15,24H,7-8H2,(H,20,21,22). The number of halogens is 2. The molecule has 1 saturated heterocycles. The highest BCUT2D eigenvalue weighted by Crippen LogP contribution is 2.34. The van der Waals surface area contributed by atoms with Crippen LogP contribution in [-0.2, 0) is 0 Å². The minimum Gasteiger partial charge on any atom is -0.391 e. The van der Waals surface area contributed by atoms with Gasteiger partial charge in [-0.2, -0.15) is 15.4 Å². The van der Waals surface area contributed by atoms with Crippen molar-refractivity contribution >= 4 is 16.9 Å². The largest absolute Gasteiger partial charge is 0.391 e. The molecule has 2 N–H and O–H groups in total. The van der Waals surface area contributed by atoms with E-state index in [2.05, 4.69) is 15.4 Å². The van der Waals surface area contributed by atoms with Gasteiger partial charge in [0.15, 0.2) is 0 Å². The molecule has 2 aromatic carbocycles. The Kier molecular flexibility index (Phi) is 3.69. The quantitative estimate of drug-likeness (QED) is 0.747. The molecule has 0 aliphatic carbocycles. The lowest BCUT2D eigenvalue weighted by Gasteiger charge is -2.25. The van der Waals surface area contributed by atoms with Crippen LogP contribution in [0.5, 0.6) is 0 Å². The summed E-state index contributed by atoms with van der Waals surface area (Å²) in [6.45, 7) is 0.108. The van der Waals surface area contributed by atoms with Crippen molar-refractivity contribution in [2.75, 3.05) is 6.54 Å². The van der Waals surface area contributed by atoms with Crippen LogP contribution in [-0.4, -0.2) is 44.0 Å². The van der Waals surface area contributed by atoms with Crippen molar-refractivity contribution in [1.82, 2.24) is 20.3 Å². The van der Waals surface area contributed by atoms with E-state index in [1.807, 2.05) is 0 Å². The van der Waals surface area contributed by atoms with E-state index in [1.165, 1.54) is 23.1 Å². The zero-order chi connectivity index (χ0) is 17.6. The van der Waals surface area contributed by atoms with E-state index in [1.54, 1.807) is 12.1 Å². The van der Waals surface area contributed by atoms with Crippen LogP contribution in [0.3, 0.4) is 0 Å². The molecule has 0 radical (unpaired) electrons. The predicted molar refractivity (Wildman–Crippen MR) is 84.6 cm³/mol. The smallest absolute Gasteiger partial charge is 0.256 e. The summed E-state index contributed by atoms with van der Waals surface area (Å²) in [6, 6.07) is 7.64.